The van der Waals surface area contributed by atoms with Crippen molar-refractivity contribution in [2.75, 3.05) is 13.2 Å². The molecule has 0 aromatic heterocycles. The minimum absolute atomic E-state index is 0.680. The fourth-order valence-electron chi connectivity index (χ4n) is 3.96. The van der Waals surface area contributed by atoms with Gasteiger partial charge < -0.3 is 60.7 Å². The van der Waals surface area contributed by atoms with Gasteiger partial charge in [0.2, 0.25) is 5.91 Å². The van der Waals surface area contributed by atoms with E-state index in [1.807, 2.05) is 0 Å². The summed E-state index contributed by atoms with van der Waals surface area (Å²) in [5.41, 5.74) is 0. The van der Waals surface area contributed by atoms with Gasteiger partial charge in [-0.3, -0.25) is 4.79 Å². The van der Waals surface area contributed by atoms with Crippen LogP contribution in [-0.2, 0) is 14.3 Å². The second-order valence-electron chi connectivity index (χ2n) is 7.70. The highest BCUT2D eigenvalue weighted by Gasteiger charge is 2.60. The zero-order valence-corrected chi connectivity index (χ0v) is 16.2. The van der Waals surface area contributed by atoms with E-state index in [4.69, 9.17) is 14.6 Å². The van der Waals surface area contributed by atoms with Crippen molar-refractivity contribution in [2.24, 2.45) is 5.92 Å². The van der Waals surface area contributed by atoms with Gasteiger partial charge in [0.05, 0.1) is 37.4 Å². The van der Waals surface area contributed by atoms with E-state index in [9.17, 15) is 45.6 Å². The van der Waals surface area contributed by atoms with Crippen LogP contribution in [0, 0.1) is 12.8 Å². The first-order valence-electron chi connectivity index (χ1n) is 9.35. The normalized spacial score (nSPS) is 46.8. The molecule has 2 aliphatic heterocycles. The number of nitrogens with one attached hydrogen (secondary N) is 1. The van der Waals surface area contributed by atoms with Gasteiger partial charge in [0, 0.05) is 13.8 Å². The minimum Gasteiger partial charge on any atom is -0.394 e. The zero-order valence-electron chi connectivity index (χ0n) is 16.2. The van der Waals surface area contributed by atoms with Gasteiger partial charge in [-0.1, -0.05) is 0 Å². The van der Waals surface area contributed by atoms with E-state index in [0.717, 1.165) is 6.92 Å². The van der Waals surface area contributed by atoms with Crippen LogP contribution in [0.4, 0.5) is 0 Å². The van der Waals surface area contributed by atoms with Crippen LogP contribution in [-0.4, -0.2) is 132 Å². The molecule has 0 saturated carbocycles. The Balaban J connectivity index is 2.42. The van der Waals surface area contributed by atoms with Gasteiger partial charge in [-0.15, -0.1) is 0 Å². The van der Waals surface area contributed by atoms with Gasteiger partial charge in [-0.05, 0) is 0 Å². The largest absolute Gasteiger partial charge is 0.394 e. The molecule has 1 radical (unpaired) electrons. The number of rotatable bonds is 6. The third-order valence-electron chi connectivity index (χ3n) is 5.52. The van der Waals surface area contributed by atoms with Crippen molar-refractivity contribution in [3.63, 3.8) is 0 Å². The highest BCUT2D eigenvalue weighted by molar-refractivity contribution is 5.73. The average Bonchev–Trinajstić information content (AvgIpc) is 2.68. The van der Waals surface area contributed by atoms with Crippen LogP contribution in [0.15, 0.2) is 0 Å². The molecule has 0 aromatic carbocycles. The van der Waals surface area contributed by atoms with Crippen LogP contribution in [0.5, 0.6) is 0 Å². The lowest BCUT2D eigenvalue weighted by molar-refractivity contribution is -0.346. The van der Waals surface area contributed by atoms with E-state index in [1.54, 1.807) is 0 Å². The Kier molecular flexibility index (Phi) is 8.15. The van der Waals surface area contributed by atoms with Crippen LogP contribution in [0.25, 0.3) is 0 Å². The van der Waals surface area contributed by atoms with Crippen molar-refractivity contribution in [1.82, 2.24) is 5.32 Å². The summed E-state index contributed by atoms with van der Waals surface area (Å²) in [6, 6.07) is -1.47. The lowest BCUT2D eigenvalue weighted by Crippen LogP contribution is -2.73. The molecule has 0 bridgehead atoms. The number of hydrogen-bond acceptors (Lipinski definition) is 12. The molecule has 175 valence electrons. The Morgan fingerprint density at radius 1 is 1.10 bits per heavy atom. The predicted molar refractivity (Wildman–Crippen MR) is 95.1 cm³/mol. The molecule has 0 spiro atoms. The molecular formula is C17H30NO12. The van der Waals surface area contributed by atoms with Crippen molar-refractivity contribution < 1.29 is 60.2 Å². The number of carbonyl (C=O) groups excluding carboxylic acids is 1. The van der Waals surface area contributed by atoms with E-state index >= 15 is 0 Å². The monoisotopic (exact) mass is 440 g/mol. The van der Waals surface area contributed by atoms with Gasteiger partial charge in [0.1, 0.15) is 42.7 Å². The van der Waals surface area contributed by atoms with Crippen molar-refractivity contribution in [2.45, 2.75) is 73.7 Å². The van der Waals surface area contributed by atoms with Crippen LogP contribution in [0.3, 0.4) is 0 Å². The lowest BCUT2D eigenvalue weighted by atomic mass is 9.74. The highest BCUT2D eigenvalue weighted by atomic mass is 16.6. The Morgan fingerprint density at radius 2 is 1.70 bits per heavy atom. The van der Waals surface area contributed by atoms with Gasteiger partial charge in [-0.2, -0.15) is 0 Å². The SMILES string of the molecule is [CH2][C@]1(O)O[C@@H]([C@H](O)[C@H](O)CO)[C@H](NC(C)=O)[C@@H](O)C1[C@@H]1O[C@H](CO)[C@H](O)[C@H](O)[C@H]1O. The van der Waals surface area contributed by atoms with Gasteiger partial charge >= 0.3 is 0 Å². The van der Waals surface area contributed by atoms with Gasteiger partial charge in [0.25, 0.3) is 0 Å². The highest BCUT2D eigenvalue weighted by Crippen LogP contribution is 2.41. The van der Waals surface area contributed by atoms with E-state index in [0.29, 0.717) is 0 Å². The second-order valence-corrected chi connectivity index (χ2v) is 7.70. The molecule has 12 atom stereocenters. The summed E-state index contributed by atoms with van der Waals surface area (Å²) in [6.07, 6.45) is -15.4. The zero-order chi connectivity index (χ0) is 23.0. The predicted octanol–water partition coefficient (Wildman–Crippen LogP) is -6.05. The number of ether oxygens (including phenoxy) is 2. The molecule has 0 aliphatic carbocycles. The molecule has 2 heterocycles. The third kappa shape index (κ3) is 4.76. The van der Waals surface area contributed by atoms with E-state index in [-0.39, 0.29) is 0 Å². The molecule has 2 rings (SSSR count). The lowest BCUT2D eigenvalue weighted by Gasteiger charge is -2.54. The van der Waals surface area contributed by atoms with Crippen molar-refractivity contribution in [3.05, 3.63) is 6.92 Å². The molecule has 2 aliphatic rings. The van der Waals surface area contributed by atoms with Gasteiger partial charge in [0.15, 0.2) is 5.79 Å². The number of amides is 1. The molecule has 1 unspecified atom stereocenters. The molecule has 1 amide bonds. The van der Waals surface area contributed by atoms with Crippen molar-refractivity contribution in [3.8, 4) is 0 Å². The number of hydrogen-bond donors (Lipinski definition) is 10. The minimum atomic E-state index is -2.59. The first-order chi connectivity index (χ1) is 13.9. The maximum absolute atomic E-state index is 11.6. The third-order valence-corrected chi connectivity index (χ3v) is 5.52. The first kappa shape index (κ1) is 25.3. The molecule has 2 saturated heterocycles. The summed E-state index contributed by atoms with van der Waals surface area (Å²) in [7, 11) is 0. The molecule has 0 aromatic rings. The number of carbonyl (C=O) groups is 1. The summed E-state index contributed by atoms with van der Waals surface area (Å²) in [5.74, 6) is -4.93. The molecular weight excluding hydrogens is 410 g/mol. The van der Waals surface area contributed by atoms with Crippen LogP contribution < -0.4 is 5.32 Å². The average molecular weight is 440 g/mol. The van der Waals surface area contributed by atoms with Crippen LogP contribution >= 0.6 is 0 Å². The Hall–Kier alpha value is -0.970. The molecule has 13 nitrogen and oxygen atoms in total. The standard InChI is InChI=1S/C17H30NO12/c1-5(21)18-9-12(25)8(15-14(27)13(26)11(24)7(4-20)29-15)17(2,28)30-16(9)10(23)6(22)3-19/h6-16,19-20,22-28H,2-4H2,1H3,(H,18,21)/t6-,7-,8?,9-,10-,11+,12+,13+,14-,15+,16-,17+/m1/s1. The number of aliphatic hydroxyl groups is 9. The fourth-order valence-corrected chi connectivity index (χ4v) is 3.96. The smallest absolute Gasteiger partial charge is 0.217 e. The first-order valence-corrected chi connectivity index (χ1v) is 9.35. The second kappa shape index (κ2) is 9.67. The summed E-state index contributed by atoms with van der Waals surface area (Å²) in [4.78, 5) is 11.6. The maximum Gasteiger partial charge on any atom is 0.217 e. The van der Waals surface area contributed by atoms with Crippen LogP contribution in [0.2, 0.25) is 0 Å². The molecule has 30 heavy (non-hydrogen) atoms. The Bertz CT molecular complexity index is 589. The van der Waals surface area contributed by atoms with E-state index < -0.39 is 91.8 Å². The van der Waals surface area contributed by atoms with E-state index in [2.05, 4.69) is 12.2 Å². The summed E-state index contributed by atoms with van der Waals surface area (Å²) >= 11 is 0. The fraction of sp³-hybridized carbons (Fsp3) is 0.882. The molecule has 13 heteroatoms. The van der Waals surface area contributed by atoms with Crippen LogP contribution in [0.1, 0.15) is 6.92 Å². The Labute approximate surface area is 172 Å². The number of aliphatic hydroxyl groups excluding tert-OH is 8. The van der Waals surface area contributed by atoms with E-state index in [1.165, 1.54) is 0 Å². The van der Waals surface area contributed by atoms with Gasteiger partial charge in [-0.25, -0.2) is 0 Å². The maximum atomic E-state index is 11.6. The Morgan fingerprint density at radius 3 is 2.20 bits per heavy atom. The summed E-state index contributed by atoms with van der Waals surface area (Å²) in [5, 5.41) is 92.7. The summed E-state index contributed by atoms with van der Waals surface area (Å²) < 4.78 is 10.7. The van der Waals surface area contributed by atoms with Crippen molar-refractivity contribution >= 4 is 5.91 Å². The van der Waals surface area contributed by atoms with Crippen molar-refractivity contribution in [1.29, 1.82) is 0 Å². The molecule has 2 fully saturated rings. The topological polar surface area (TPSA) is 230 Å². The quantitative estimate of drug-likeness (QED) is 0.186. The summed E-state index contributed by atoms with van der Waals surface area (Å²) in [6.45, 7) is 2.84. The molecule has 10 N–H and O–H groups in total.